The Morgan fingerprint density at radius 2 is 1.88 bits per heavy atom. The number of unbranched alkanes of at least 4 members (excludes halogenated alkanes) is 1. The topological polar surface area (TPSA) is 91.0 Å². The van der Waals surface area contributed by atoms with Crippen LogP contribution in [0, 0.1) is 0 Å². The molecule has 0 radical (unpaired) electrons. The summed E-state index contributed by atoms with van der Waals surface area (Å²) in [5.74, 6) is 0.347. The molecule has 9 heteroatoms. The van der Waals surface area contributed by atoms with Gasteiger partial charge in [0.1, 0.15) is 0 Å². The third kappa shape index (κ3) is 6.36. The third-order valence-corrected chi connectivity index (χ3v) is 6.31. The van der Waals surface area contributed by atoms with Crippen molar-refractivity contribution in [3.63, 3.8) is 0 Å². The molecule has 0 atom stereocenters. The van der Waals surface area contributed by atoms with E-state index in [1.165, 1.54) is 0 Å². The number of hydrogen-bond acceptors (Lipinski definition) is 4. The molecule has 1 aromatic carbocycles. The number of sulfonamides is 1. The molecule has 7 nitrogen and oxygen atoms in total. The first-order valence-electron chi connectivity index (χ1n) is 8.75. The Bertz CT molecular complexity index is 688. The molecule has 1 fully saturated rings. The fourth-order valence-electron chi connectivity index (χ4n) is 2.67. The molecule has 1 aliphatic heterocycles. The van der Waals surface area contributed by atoms with Crippen molar-refractivity contribution in [1.82, 2.24) is 14.5 Å². The second-order valence-electron chi connectivity index (χ2n) is 6.30. The fraction of sp³-hybridized carbons (Fsp3) is 0.588. The largest absolute Gasteiger partial charge is 0.370 e. The monoisotopic (exact) mass is 495 g/mol. The average molecular weight is 495 g/mol. The van der Waals surface area contributed by atoms with E-state index in [-0.39, 0.29) is 30.5 Å². The van der Waals surface area contributed by atoms with Crippen LogP contribution in [0.1, 0.15) is 25.3 Å². The number of piperazine rings is 1. The zero-order valence-electron chi connectivity index (χ0n) is 15.5. The van der Waals surface area contributed by atoms with E-state index >= 15 is 0 Å². The summed E-state index contributed by atoms with van der Waals surface area (Å²) in [7, 11) is -1.51. The Kier molecular flexibility index (Phi) is 9.83. The van der Waals surface area contributed by atoms with E-state index < -0.39 is 10.0 Å². The molecule has 3 N–H and O–H groups in total. The molecule has 0 unspecified atom stereocenters. The minimum absolute atomic E-state index is 0. The number of nitrogens with zero attached hydrogens (tertiary/aromatic N) is 3. The zero-order valence-corrected chi connectivity index (χ0v) is 18.7. The Labute approximate surface area is 174 Å². The van der Waals surface area contributed by atoms with Gasteiger partial charge in [-0.25, -0.2) is 13.4 Å². The maximum absolute atomic E-state index is 13.0. The Hall–Kier alpha value is -0.910. The summed E-state index contributed by atoms with van der Waals surface area (Å²) in [5, 5.41) is 3.04. The lowest BCUT2D eigenvalue weighted by atomic mass is 10.2. The molecule has 26 heavy (non-hydrogen) atoms. The second kappa shape index (κ2) is 11.1. The molecular formula is C17H30IN5O2S. The number of hydrogen-bond donors (Lipinski definition) is 2. The second-order valence-corrected chi connectivity index (χ2v) is 8.20. The van der Waals surface area contributed by atoms with Crippen LogP contribution in [-0.2, 0) is 16.6 Å². The first-order chi connectivity index (χ1) is 11.9. The predicted octanol–water partition coefficient (Wildman–Crippen LogP) is 1.45. The van der Waals surface area contributed by atoms with Crippen LogP contribution in [0.2, 0.25) is 0 Å². The van der Waals surface area contributed by atoms with Gasteiger partial charge in [0, 0.05) is 32.7 Å². The molecule has 0 spiro atoms. The van der Waals surface area contributed by atoms with Gasteiger partial charge in [-0.2, -0.15) is 4.31 Å². The number of nitrogens with two attached hydrogens (primary N) is 1. The number of halogens is 1. The number of guanidine groups is 1. The van der Waals surface area contributed by atoms with E-state index in [4.69, 9.17) is 5.73 Å². The van der Waals surface area contributed by atoms with E-state index in [0.29, 0.717) is 29.5 Å². The summed E-state index contributed by atoms with van der Waals surface area (Å²) < 4.78 is 27.5. The highest BCUT2D eigenvalue weighted by Crippen LogP contribution is 2.22. The summed E-state index contributed by atoms with van der Waals surface area (Å²) in [6.07, 6.45) is 2.09. The summed E-state index contributed by atoms with van der Waals surface area (Å²) >= 11 is 0. The Morgan fingerprint density at radius 3 is 2.54 bits per heavy atom. The molecule has 2 rings (SSSR count). The van der Waals surface area contributed by atoms with Gasteiger partial charge in [0.25, 0.3) is 0 Å². The van der Waals surface area contributed by atoms with Crippen LogP contribution in [0.4, 0.5) is 0 Å². The smallest absolute Gasteiger partial charge is 0.243 e. The lowest BCUT2D eigenvalue weighted by Crippen LogP contribution is -2.47. The number of nitrogens with one attached hydrogen (secondary N) is 1. The van der Waals surface area contributed by atoms with Gasteiger partial charge < -0.3 is 16.0 Å². The lowest BCUT2D eigenvalue weighted by molar-refractivity contribution is 0.222. The quantitative estimate of drug-likeness (QED) is 0.259. The van der Waals surface area contributed by atoms with Gasteiger partial charge in [-0.05, 0) is 25.1 Å². The molecular weight excluding hydrogens is 465 g/mol. The summed E-state index contributed by atoms with van der Waals surface area (Å²) in [5.41, 5.74) is 6.52. The van der Waals surface area contributed by atoms with E-state index in [0.717, 1.165) is 32.5 Å². The van der Waals surface area contributed by atoms with Crippen LogP contribution in [0.15, 0.2) is 34.2 Å². The molecule has 0 amide bonds. The highest BCUT2D eigenvalue weighted by atomic mass is 127. The van der Waals surface area contributed by atoms with Crippen molar-refractivity contribution in [2.75, 3.05) is 39.8 Å². The Morgan fingerprint density at radius 1 is 1.23 bits per heavy atom. The van der Waals surface area contributed by atoms with Gasteiger partial charge in [-0.15, -0.1) is 24.0 Å². The van der Waals surface area contributed by atoms with Crippen LogP contribution in [0.5, 0.6) is 0 Å². The molecule has 0 saturated carbocycles. The lowest BCUT2D eigenvalue weighted by Gasteiger charge is -2.32. The van der Waals surface area contributed by atoms with Crippen LogP contribution < -0.4 is 11.1 Å². The van der Waals surface area contributed by atoms with Crippen molar-refractivity contribution in [1.29, 1.82) is 0 Å². The van der Waals surface area contributed by atoms with Crippen molar-refractivity contribution in [2.24, 2.45) is 10.7 Å². The SMILES string of the molecule is CCCCNC(N)=NCc1ccccc1S(=O)(=O)N1CCN(C)CC1.I. The van der Waals surface area contributed by atoms with Crippen molar-refractivity contribution in [3.8, 4) is 0 Å². The highest BCUT2D eigenvalue weighted by Gasteiger charge is 2.29. The minimum Gasteiger partial charge on any atom is -0.370 e. The van der Waals surface area contributed by atoms with Crippen LogP contribution in [0.25, 0.3) is 0 Å². The molecule has 1 heterocycles. The maximum atomic E-state index is 13.0. The van der Waals surface area contributed by atoms with E-state index in [1.54, 1.807) is 22.5 Å². The standard InChI is InChI=1S/C17H29N5O2S.HI/c1-3-4-9-19-17(18)20-14-15-7-5-6-8-16(15)25(23,24)22-12-10-21(2)11-13-22;/h5-8H,3-4,9-14H2,1-2H3,(H3,18,19,20);1H. The first kappa shape index (κ1) is 23.1. The Balaban J connectivity index is 0.00000338. The molecule has 1 aromatic rings. The average Bonchev–Trinajstić information content (AvgIpc) is 2.61. The summed E-state index contributed by atoms with van der Waals surface area (Å²) in [6.45, 7) is 5.63. The van der Waals surface area contributed by atoms with Gasteiger partial charge in [0.15, 0.2) is 5.96 Å². The molecule has 0 aliphatic carbocycles. The van der Waals surface area contributed by atoms with Crippen molar-refractivity contribution in [2.45, 2.75) is 31.2 Å². The maximum Gasteiger partial charge on any atom is 0.243 e. The van der Waals surface area contributed by atoms with E-state index in [2.05, 4.69) is 22.1 Å². The molecule has 0 bridgehead atoms. The van der Waals surface area contributed by atoms with E-state index in [1.807, 2.05) is 13.1 Å². The normalized spacial score (nSPS) is 16.9. The minimum atomic E-state index is -3.51. The van der Waals surface area contributed by atoms with Gasteiger partial charge in [-0.3, -0.25) is 0 Å². The van der Waals surface area contributed by atoms with Crippen molar-refractivity contribution < 1.29 is 8.42 Å². The third-order valence-electron chi connectivity index (χ3n) is 4.31. The van der Waals surface area contributed by atoms with Gasteiger partial charge in [0.2, 0.25) is 10.0 Å². The van der Waals surface area contributed by atoms with Crippen molar-refractivity contribution >= 4 is 40.0 Å². The van der Waals surface area contributed by atoms with Gasteiger partial charge in [-0.1, -0.05) is 31.5 Å². The van der Waals surface area contributed by atoms with Crippen LogP contribution >= 0.6 is 24.0 Å². The fourth-order valence-corrected chi connectivity index (χ4v) is 4.31. The first-order valence-corrected chi connectivity index (χ1v) is 10.2. The summed E-state index contributed by atoms with van der Waals surface area (Å²) in [6, 6.07) is 7.03. The van der Waals surface area contributed by atoms with Crippen molar-refractivity contribution in [3.05, 3.63) is 29.8 Å². The molecule has 1 saturated heterocycles. The van der Waals surface area contributed by atoms with Crippen LogP contribution in [-0.4, -0.2) is 63.4 Å². The predicted molar refractivity (Wildman–Crippen MR) is 116 cm³/mol. The molecule has 0 aromatic heterocycles. The zero-order chi connectivity index (χ0) is 18.3. The van der Waals surface area contributed by atoms with Gasteiger partial charge >= 0.3 is 0 Å². The van der Waals surface area contributed by atoms with Crippen LogP contribution in [0.3, 0.4) is 0 Å². The number of likely N-dealkylation sites (N-methyl/N-ethyl adjacent to an activating group) is 1. The number of aliphatic imine (C=N–C) groups is 1. The van der Waals surface area contributed by atoms with Gasteiger partial charge in [0.05, 0.1) is 11.4 Å². The molecule has 148 valence electrons. The van der Waals surface area contributed by atoms with E-state index in [9.17, 15) is 8.42 Å². The molecule has 1 aliphatic rings. The highest BCUT2D eigenvalue weighted by molar-refractivity contribution is 14.0. The summed E-state index contributed by atoms with van der Waals surface area (Å²) in [4.78, 5) is 6.74. The number of benzene rings is 1. The number of rotatable bonds is 7.